The summed E-state index contributed by atoms with van der Waals surface area (Å²) in [6.07, 6.45) is 1.00. The van der Waals surface area contributed by atoms with Crippen molar-refractivity contribution >= 4 is 50.2 Å². The van der Waals surface area contributed by atoms with Gasteiger partial charge in [-0.3, -0.25) is 13.9 Å². The maximum absolute atomic E-state index is 13.7. The van der Waals surface area contributed by atoms with Crippen LogP contribution >= 0.6 is 0 Å². The van der Waals surface area contributed by atoms with Gasteiger partial charge in [-0.05, 0) is 61.9 Å². The van der Waals surface area contributed by atoms with Crippen LogP contribution in [0.5, 0.6) is 0 Å². The van der Waals surface area contributed by atoms with Crippen molar-refractivity contribution in [2.45, 2.75) is 19.4 Å². The molecule has 0 saturated heterocycles. The zero-order valence-corrected chi connectivity index (χ0v) is 20.7. The highest BCUT2D eigenvalue weighted by Gasteiger charge is 2.39. The van der Waals surface area contributed by atoms with Crippen LogP contribution in [0.15, 0.2) is 72.8 Å². The summed E-state index contributed by atoms with van der Waals surface area (Å²) in [5.41, 5.74) is 7.25. The second-order valence-corrected chi connectivity index (χ2v) is 10.7. The molecule has 10 heteroatoms. The van der Waals surface area contributed by atoms with Crippen LogP contribution in [0.25, 0.3) is 11.3 Å². The zero-order valence-electron chi connectivity index (χ0n) is 19.9. The third-order valence-corrected chi connectivity index (χ3v) is 7.18. The molecular formula is C26H25FN4O4S. The lowest BCUT2D eigenvalue weighted by Gasteiger charge is -2.35. The summed E-state index contributed by atoms with van der Waals surface area (Å²) in [6.45, 7) is 2.86. The van der Waals surface area contributed by atoms with Crippen LogP contribution < -0.4 is 20.7 Å². The number of rotatable bonds is 7. The number of fused-ring (bicyclic) bond motifs is 1. The lowest BCUT2D eigenvalue weighted by molar-refractivity contribution is -0.121. The van der Waals surface area contributed by atoms with Gasteiger partial charge in [0.2, 0.25) is 15.9 Å². The third kappa shape index (κ3) is 4.67. The van der Waals surface area contributed by atoms with Gasteiger partial charge in [0.15, 0.2) is 0 Å². The number of hydrogen-bond donors (Lipinski definition) is 3. The number of nitrogens with two attached hydrogens (primary N) is 1. The number of halogens is 1. The fourth-order valence-corrected chi connectivity index (χ4v) is 5.55. The van der Waals surface area contributed by atoms with Gasteiger partial charge in [0.05, 0.1) is 28.9 Å². The number of benzene rings is 3. The molecule has 3 aromatic carbocycles. The number of carbonyl (C=O) groups is 2. The number of carbonyl (C=O) groups excluding carboxylic acids is 2. The Kier molecular flexibility index (Phi) is 6.32. The number of primary amides is 1. The lowest BCUT2D eigenvalue weighted by atomic mass is 10.00. The molecule has 1 aliphatic rings. The third-order valence-electron chi connectivity index (χ3n) is 5.85. The summed E-state index contributed by atoms with van der Waals surface area (Å²) in [6, 6.07) is 19.6. The van der Waals surface area contributed by atoms with Gasteiger partial charge < -0.3 is 16.4 Å². The predicted molar refractivity (Wildman–Crippen MR) is 139 cm³/mol. The van der Waals surface area contributed by atoms with Crippen LogP contribution in [0.4, 0.5) is 21.5 Å². The summed E-state index contributed by atoms with van der Waals surface area (Å²) in [5.74, 6) is -1.65. The van der Waals surface area contributed by atoms with Gasteiger partial charge in [-0.2, -0.15) is 0 Å². The highest BCUT2D eigenvalue weighted by atomic mass is 32.2. The molecule has 0 spiro atoms. The second kappa shape index (κ2) is 9.12. The van der Waals surface area contributed by atoms with Crippen LogP contribution in [0.2, 0.25) is 0 Å². The monoisotopic (exact) mass is 508 g/mol. The summed E-state index contributed by atoms with van der Waals surface area (Å²) >= 11 is 0. The Morgan fingerprint density at radius 1 is 1.03 bits per heavy atom. The van der Waals surface area contributed by atoms with Crippen LogP contribution in [0.3, 0.4) is 0 Å². The number of amides is 2. The summed E-state index contributed by atoms with van der Waals surface area (Å²) in [7, 11) is -3.84. The van der Waals surface area contributed by atoms with Gasteiger partial charge in [-0.25, -0.2) is 12.8 Å². The van der Waals surface area contributed by atoms with Gasteiger partial charge in [0.1, 0.15) is 11.4 Å². The molecular weight excluding hydrogens is 483 g/mol. The van der Waals surface area contributed by atoms with E-state index in [1.165, 1.54) is 26.0 Å². The molecule has 0 radical (unpaired) electrons. The van der Waals surface area contributed by atoms with Gasteiger partial charge in [0, 0.05) is 11.3 Å². The molecule has 0 bridgehead atoms. The normalized spacial score (nSPS) is 14.6. The fourth-order valence-electron chi connectivity index (χ4n) is 4.13. The van der Waals surface area contributed by atoms with E-state index in [1.807, 2.05) is 30.3 Å². The van der Waals surface area contributed by atoms with Crippen molar-refractivity contribution in [3.63, 3.8) is 0 Å². The first kappa shape index (κ1) is 24.9. The minimum atomic E-state index is -3.84. The number of sulfonamides is 1. The number of nitrogens with one attached hydrogen (secondary N) is 2. The minimum absolute atomic E-state index is 0.250. The standard InChI is InChI=1S/C26H25FN4O4S/c1-26(2,25(28)33)31(36(3,34)35)19-12-10-18(11-13-19)29-23(16-7-5-4-6-8-16)22-20-14-9-17(27)15-21(20)30-24(22)32/h4-15,29H,1-3H3,(H2,28,33)(H,30,32)/b23-22-. The zero-order chi connectivity index (χ0) is 26.3. The minimum Gasteiger partial charge on any atom is -0.368 e. The average molecular weight is 509 g/mol. The van der Waals surface area contributed by atoms with E-state index in [9.17, 15) is 22.4 Å². The SMILES string of the molecule is CC(C)(C(N)=O)N(c1ccc(N/C(=C2\C(=O)Nc3cc(F)ccc32)c2ccccc2)cc1)S(C)(=O)=O. The van der Waals surface area contributed by atoms with E-state index < -0.39 is 27.3 Å². The van der Waals surface area contributed by atoms with Crippen LogP contribution in [0.1, 0.15) is 25.0 Å². The first-order valence-electron chi connectivity index (χ1n) is 11.0. The van der Waals surface area contributed by atoms with Crippen molar-refractivity contribution in [2.24, 2.45) is 5.73 Å². The molecule has 3 aromatic rings. The maximum Gasteiger partial charge on any atom is 0.258 e. The van der Waals surface area contributed by atoms with Crippen LogP contribution in [-0.4, -0.2) is 32.0 Å². The van der Waals surface area contributed by atoms with E-state index in [-0.39, 0.29) is 11.6 Å². The van der Waals surface area contributed by atoms with Crippen molar-refractivity contribution in [1.82, 2.24) is 0 Å². The van der Waals surface area contributed by atoms with Gasteiger partial charge >= 0.3 is 0 Å². The maximum atomic E-state index is 13.7. The number of hydrogen-bond acceptors (Lipinski definition) is 5. The predicted octanol–water partition coefficient (Wildman–Crippen LogP) is 3.79. The van der Waals surface area contributed by atoms with Crippen molar-refractivity contribution in [3.8, 4) is 0 Å². The Hall–Kier alpha value is -4.18. The van der Waals surface area contributed by atoms with E-state index in [2.05, 4.69) is 10.6 Å². The molecule has 0 aliphatic carbocycles. The number of anilines is 3. The molecule has 2 amide bonds. The summed E-state index contributed by atoms with van der Waals surface area (Å²) in [5, 5.41) is 5.95. The fraction of sp³-hybridized carbons (Fsp3) is 0.154. The average Bonchev–Trinajstić information content (AvgIpc) is 3.12. The molecule has 1 aliphatic heterocycles. The molecule has 36 heavy (non-hydrogen) atoms. The first-order chi connectivity index (χ1) is 16.9. The lowest BCUT2D eigenvalue weighted by Crippen LogP contribution is -2.55. The summed E-state index contributed by atoms with van der Waals surface area (Å²) < 4.78 is 39.7. The molecule has 0 unspecified atom stereocenters. The smallest absolute Gasteiger partial charge is 0.258 e. The highest BCUT2D eigenvalue weighted by Crippen LogP contribution is 2.38. The Morgan fingerprint density at radius 2 is 1.67 bits per heavy atom. The summed E-state index contributed by atoms with van der Waals surface area (Å²) in [4.78, 5) is 24.9. The van der Waals surface area contributed by atoms with Gasteiger partial charge in [0.25, 0.3) is 5.91 Å². The van der Waals surface area contributed by atoms with E-state index in [4.69, 9.17) is 5.73 Å². The molecule has 4 N–H and O–H groups in total. The topological polar surface area (TPSA) is 122 Å². The largest absolute Gasteiger partial charge is 0.368 e. The molecule has 0 saturated carbocycles. The molecule has 0 aromatic heterocycles. The molecule has 0 atom stereocenters. The van der Waals surface area contributed by atoms with Gasteiger partial charge in [-0.15, -0.1) is 0 Å². The number of nitrogens with zero attached hydrogens (tertiary/aromatic N) is 1. The highest BCUT2D eigenvalue weighted by molar-refractivity contribution is 7.92. The first-order valence-corrected chi connectivity index (χ1v) is 12.8. The van der Waals surface area contributed by atoms with Gasteiger partial charge in [-0.1, -0.05) is 30.3 Å². The Bertz CT molecular complexity index is 1480. The van der Waals surface area contributed by atoms with E-state index in [1.54, 1.807) is 30.3 Å². The van der Waals surface area contributed by atoms with Crippen molar-refractivity contribution in [2.75, 3.05) is 21.2 Å². The van der Waals surface area contributed by atoms with Crippen molar-refractivity contribution < 1.29 is 22.4 Å². The van der Waals surface area contributed by atoms with Crippen molar-refractivity contribution in [1.29, 1.82) is 0 Å². The Morgan fingerprint density at radius 3 is 2.25 bits per heavy atom. The van der Waals surface area contributed by atoms with Crippen LogP contribution in [-0.2, 0) is 19.6 Å². The molecule has 8 nitrogen and oxygen atoms in total. The van der Waals surface area contributed by atoms with Crippen LogP contribution in [0, 0.1) is 5.82 Å². The second-order valence-electron chi connectivity index (χ2n) is 8.88. The van der Waals surface area contributed by atoms with E-state index >= 15 is 0 Å². The van der Waals surface area contributed by atoms with E-state index in [0.29, 0.717) is 28.2 Å². The van der Waals surface area contributed by atoms with E-state index in [0.717, 1.165) is 16.1 Å². The van der Waals surface area contributed by atoms with Crippen molar-refractivity contribution in [3.05, 3.63) is 89.7 Å². The molecule has 4 rings (SSSR count). The molecule has 186 valence electrons. The molecule has 0 fully saturated rings. The Labute approximate surface area is 208 Å². The quantitative estimate of drug-likeness (QED) is 0.419. The molecule has 1 heterocycles. The Balaban J connectivity index is 1.79.